The molecule has 1 heterocycles. The second-order valence-electron chi connectivity index (χ2n) is 5.53. The van der Waals surface area contributed by atoms with E-state index in [0.717, 1.165) is 13.0 Å². The van der Waals surface area contributed by atoms with Crippen molar-refractivity contribution in [3.8, 4) is 0 Å². The molecule has 7 unspecified atom stereocenters. The number of aliphatic carboxylic acids is 1. The van der Waals surface area contributed by atoms with Crippen LogP contribution in [-0.2, 0) is 23.8 Å². The SMILES string of the molecule is CC(=O)NC(C(C)OC1OC(C(=O)O)=CC(O)C1O)C(O)OC(O)CO. The molecule has 0 spiro atoms. The first-order valence-corrected chi connectivity index (χ1v) is 7.59. The first-order chi connectivity index (χ1) is 12.1. The molecule has 1 aliphatic rings. The van der Waals surface area contributed by atoms with E-state index in [0.29, 0.717) is 0 Å². The van der Waals surface area contributed by atoms with E-state index in [-0.39, 0.29) is 0 Å². The van der Waals surface area contributed by atoms with Crippen LogP contribution < -0.4 is 5.32 Å². The lowest BCUT2D eigenvalue weighted by molar-refractivity contribution is -0.261. The summed E-state index contributed by atoms with van der Waals surface area (Å²) in [5, 5.41) is 58.7. The topological polar surface area (TPSA) is 195 Å². The Morgan fingerprint density at radius 1 is 1.35 bits per heavy atom. The molecule has 0 saturated carbocycles. The zero-order chi connectivity index (χ0) is 20.0. The molecule has 26 heavy (non-hydrogen) atoms. The predicted molar refractivity (Wildman–Crippen MR) is 80.9 cm³/mol. The number of carboxylic acid groups (broad SMARTS) is 1. The third kappa shape index (κ3) is 6.17. The van der Waals surface area contributed by atoms with Crippen molar-refractivity contribution < 1.29 is 54.4 Å². The van der Waals surface area contributed by atoms with Crippen LogP contribution >= 0.6 is 0 Å². The van der Waals surface area contributed by atoms with Crippen LogP contribution in [0.2, 0.25) is 0 Å². The lowest BCUT2D eigenvalue weighted by atomic mass is 10.1. The Labute approximate surface area is 148 Å². The van der Waals surface area contributed by atoms with Gasteiger partial charge in [-0.15, -0.1) is 0 Å². The van der Waals surface area contributed by atoms with Gasteiger partial charge in [0.1, 0.15) is 18.2 Å². The largest absolute Gasteiger partial charge is 0.475 e. The van der Waals surface area contributed by atoms with E-state index in [2.05, 4.69) is 10.1 Å². The summed E-state index contributed by atoms with van der Waals surface area (Å²) in [6, 6.07) is -1.29. The van der Waals surface area contributed by atoms with Gasteiger partial charge in [-0.3, -0.25) is 4.79 Å². The van der Waals surface area contributed by atoms with Crippen LogP contribution in [0.5, 0.6) is 0 Å². The predicted octanol–water partition coefficient (Wildman–Crippen LogP) is -3.41. The normalized spacial score (nSPS) is 27.5. The molecule has 0 aromatic heterocycles. The maximum absolute atomic E-state index is 11.3. The van der Waals surface area contributed by atoms with Gasteiger partial charge in [0.25, 0.3) is 0 Å². The monoisotopic (exact) mass is 381 g/mol. The molecule has 0 saturated heterocycles. The molecule has 12 heteroatoms. The number of hydrogen-bond donors (Lipinski definition) is 7. The van der Waals surface area contributed by atoms with Crippen molar-refractivity contribution in [2.24, 2.45) is 0 Å². The summed E-state index contributed by atoms with van der Waals surface area (Å²) in [5.41, 5.74) is 0. The van der Waals surface area contributed by atoms with Crippen molar-refractivity contribution in [3.05, 3.63) is 11.8 Å². The van der Waals surface area contributed by atoms with E-state index in [4.69, 9.17) is 19.7 Å². The fraction of sp³-hybridized carbons (Fsp3) is 0.714. The van der Waals surface area contributed by atoms with Crippen LogP contribution in [0, 0.1) is 0 Å². The molecule has 150 valence electrons. The first kappa shape index (κ1) is 22.2. The molecule has 0 aliphatic carbocycles. The van der Waals surface area contributed by atoms with Crippen molar-refractivity contribution in [3.63, 3.8) is 0 Å². The maximum atomic E-state index is 11.3. The zero-order valence-corrected chi connectivity index (χ0v) is 14.1. The van der Waals surface area contributed by atoms with Gasteiger partial charge in [-0.05, 0) is 13.0 Å². The number of hydrogen-bond acceptors (Lipinski definition) is 10. The molecule has 0 aromatic rings. The average molecular weight is 381 g/mol. The van der Waals surface area contributed by atoms with Gasteiger partial charge in [0, 0.05) is 6.92 Å². The Bertz CT molecular complexity index is 525. The minimum absolute atomic E-state index is 0.595. The molecule has 7 N–H and O–H groups in total. The van der Waals surface area contributed by atoms with Crippen LogP contribution in [-0.4, -0.2) is 92.3 Å². The number of carboxylic acids is 1. The van der Waals surface area contributed by atoms with E-state index in [9.17, 15) is 30.0 Å². The molecular weight excluding hydrogens is 358 g/mol. The van der Waals surface area contributed by atoms with Gasteiger partial charge in [0.15, 0.2) is 12.6 Å². The minimum Gasteiger partial charge on any atom is -0.475 e. The van der Waals surface area contributed by atoms with Crippen LogP contribution in [0.4, 0.5) is 0 Å². The highest BCUT2D eigenvalue weighted by atomic mass is 16.7. The summed E-state index contributed by atoms with van der Waals surface area (Å²) >= 11 is 0. The fourth-order valence-corrected chi connectivity index (χ4v) is 2.12. The van der Waals surface area contributed by atoms with Crippen molar-refractivity contribution >= 4 is 11.9 Å². The summed E-state index contributed by atoms with van der Waals surface area (Å²) in [5.74, 6) is -2.74. The number of amides is 1. The Balaban J connectivity index is 2.87. The third-order valence-corrected chi connectivity index (χ3v) is 3.39. The van der Waals surface area contributed by atoms with E-state index >= 15 is 0 Å². The quantitative estimate of drug-likeness (QED) is 0.197. The number of nitrogens with one attached hydrogen (secondary N) is 1. The molecule has 0 aromatic carbocycles. The molecular formula is C14H23NO11. The van der Waals surface area contributed by atoms with Crippen molar-refractivity contribution in [1.82, 2.24) is 5.32 Å². The van der Waals surface area contributed by atoms with Crippen LogP contribution in [0.25, 0.3) is 0 Å². The summed E-state index contributed by atoms with van der Waals surface area (Å²) in [4.78, 5) is 22.3. The van der Waals surface area contributed by atoms with Gasteiger partial charge in [-0.1, -0.05) is 0 Å². The number of aliphatic hydroxyl groups is 5. The van der Waals surface area contributed by atoms with Crippen LogP contribution in [0.3, 0.4) is 0 Å². The highest BCUT2D eigenvalue weighted by molar-refractivity contribution is 5.84. The second kappa shape index (κ2) is 9.78. The van der Waals surface area contributed by atoms with E-state index in [1.807, 2.05) is 0 Å². The van der Waals surface area contributed by atoms with Crippen molar-refractivity contribution in [2.45, 2.75) is 57.1 Å². The van der Waals surface area contributed by atoms with Gasteiger partial charge in [-0.25, -0.2) is 4.79 Å². The van der Waals surface area contributed by atoms with E-state index < -0.39 is 67.5 Å². The second-order valence-corrected chi connectivity index (χ2v) is 5.53. The molecule has 1 aliphatic heterocycles. The van der Waals surface area contributed by atoms with Gasteiger partial charge < -0.3 is 50.2 Å². The maximum Gasteiger partial charge on any atom is 0.371 e. The third-order valence-electron chi connectivity index (χ3n) is 3.39. The standard InChI is InChI=1S/C14H23NO11/c1-5(10(15-6(2)17)13(23)26-9(19)4-16)24-14-11(20)7(18)3-8(25-14)12(21)22/h3,5,7,9-11,13-14,16,18-20,23H,4H2,1-2H3,(H,15,17)(H,21,22). The highest BCUT2D eigenvalue weighted by Crippen LogP contribution is 2.22. The Kier molecular flexibility index (Phi) is 8.36. The van der Waals surface area contributed by atoms with Gasteiger partial charge >= 0.3 is 5.97 Å². The first-order valence-electron chi connectivity index (χ1n) is 7.59. The summed E-state index contributed by atoms with van der Waals surface area (Å²) in [6.45, 7) is 1.65. The zero-order valence-electron chi connectivity index (χ0n) is 14.1. The molecule has 12 nitrogen and oxygen atoms in total. The Morgan fingerprint density at radius 2 is 1.96 bits per heavy atom. The smallest absolute Gasteiger partial charge is 0.371 e. The number of carbonyl (C=O) groups is 2. The lowest BCUT2D eigenvalue weighted by Crippen LogP contribution is -2.55. The van der Waals surface area contributed by atoms with E-state index in [1.54, 1.807) is 0 Å². The lowest BCUT2D eigenvalue weighted by Gasteiger charge is -2.36. The molecule has 7 atom stereocenters. The van der Waals surface area contributed by atoms with Gasteiger partial charge in [0.05, 0.1) is 12.7 Å². The van der Waals surface area contributed by atoms with Gasteiger partial charge in [-0.2, -0.15) is 0 Å². The Hall–Kier alpha value is -1.80. The number of rotatable bonds is 9. The molecule has 0 bridgehead atoms. The summed E-state index contributed by atoms with van der Waals surface area (Å²) < 4.78 is 14.9. The molecule has 1 rings (SSSR count). The number of carbonyl (C=O) groups excluding carboxylic acids is 1. The van der Waals surface area contributed by atoms with Crippen LogP contribution in [0.1, 0.15) is 13.8 Å². The number of aliphatic hydroxyl groups excluding tert-OH is 5. The average Bonchev–Trinajstić information content (AvgIpc) is 2.55. The molecule has 0 radical (unpaired) electrons. The summed E-state index contributed by atoms with van der Waals surface area (Å²) in [6.07, 6.45) is -8.74. The minimum atomic E-state index is -1.82. The highest BCUT2D eigenvalue weighted by Gasteiger charge is 2.39. The molecule has 0 fully saturated rings. The summed E-state index contributed by atoms with van der Waals surface area (Å²) in [7, 11) is 0. The van der Waals surface area contributed by atoms with Gasteiger partial charge in [0.2, 0.25) is 18.0 Å². The van der Waals surface area contributed by atoms with Crippen molar-refractivity contribution in [1.29, 1.82) is 0 Å². The van der Waals surface area contributed by atoms with E-state index in [1.165, 1.54) is 6.92 Å². The molecule has 1 amide bonds. The van der Waals surface area contributed by atoms with Crippen LogP contribution in [0.15, 0.2) is 11.8 Å². The number of ether oxygens (including phenoxy) is 3. The Morgan fingerprint density at radius 3 is 2.46 bits per heavy atom. The van der Waals surface area contributed by atoms with Crippen molar-refractivity contribution in [2.75, 3.05) is 6.61 Å². The fourth-order valence-electron chi connectivity index (χ4n) is 2.12.